The zero-order valence-electron chi connectivity index (χ0n) is 11.2. The molecule has 21 heavy (non-hydrogen) atoms. The van der Waals surface area contributed by atoms with Crippen LogP contribution in [0.25, 0.3) is 0 Å². The Balaban J connectivity index is 2.14. The lowest BCUT2D eigenvalue weighted by atomic mass is 10.0. The molecule has 1 aromatic rings. The van der Waals surface area contributed by atoms with E-state index >= 15 is 0 Å². The maximum Gasteiger partial charge on any atom is 0.335 e. The summed E-state index contributed by atoms with van der Waals surface area (Å²) in [6, 6.07) is 3.93. The van der Waals surface area contributed by atoms with Crippen molar-refractivity contribution >= 4 is 31.9 Å². The molecule has 116 valence electrons. The van der Waals surface area contributed by atoms with Crippen LogP contribution in [0.5, 0.6) is 0 Å². The first-order chi connectivity index (χ1) is 9.90. The maximum absolute atomic E-state index is 12.3. The zero-order valence-corrected chi connectivity index (χ0v) is 13.6. The highest BCUT2D eigenvalue weighted by Crippen LogP contribution is 2.24. The first-order valence-electron chi connectivity index (χ1n) is 6.50. The molecule has 1 fully saturated rings. The highest BCUT2D eigenvalue weighted by atomic mass is 79.9. The van der Waals surface area contributed by atoms with E-state index in [0.29, 0.717) is 24.2 Å². The molecule has 6 nitrogen and oxygen atoms in total. The minimum absolute atomic E-state index is 0.0607. The predicted molar refractivity (Wildman–Crippen MR) is 79.8 cm³/mol. The van der Waals surface area contributed by atoms with Crippen LogP contribution in [-0.2, 0) is 14.8 Å². The van der Waals surface area contributed by atoms with E-state index in [-0.39, 0.29) is 16.4 Å². The van der Waals surface area contributed by atoms with Gasteiger partial charge in [-0.2, -0.15) is 0 Å². The second-order valence-electron chi connectivity index (χ2n) is 4.86. The number of hydrogen-bond acceptors (Lipinski definition) is 4. The first-order valence-corrected chi connectivity index (χ1v) is 8.78. The normalized spacial score (nSPS) is 16.8. The van der Waals surface area contributed by atoms with Crippen LogP contribution < -0.4 is 4.72 Å². The molecule has 0 aromatic heterocycles. The maximum atomic E-state index is 12.3. The van der Waals surface area contributed by atoms with Crippen LogP contribution in [0.15, 0.2) is 27.6 Å². The van der Waals surface area contributed by atoms with Gasteiger partial charge in [0.25, 0.3) is 0 Å². The SMILES string of the molecule is O=C(O)c1ccc(Br)c(S(=O)(=O)NCC2CCOCC2)c1. The molecular formula is C13H16BrNO5S. The van der Waals surface area contributed by atoms with Crippen molar-refractivity contribution in [3.63, 3.8) is 0 Å². The predicted octanol–water partition coefficient (Wildman–Crippen LogP) is 1.85. The topological polar surface area (TPSA) is 92.7 Å². The Bertz CT molecular complexity index is 625. The fourth-order valence-corrected chi connectivity index (χ4v) is 4.20. The highest BCUT2D eigenvalue weighted by molar-refractivity contribution is 9.10. The summed E-state index contributed by atoms with van der Waals surface area (Å²) in [4.78, 5) is 10.9. The minimum Gasteiger partial charge on any atom is -0.478 e. The third kappa shape index (κ3) is 4.26. The lowest BCUT2D eigenvalue weighted by Crippen LogP contribution is -2.32. The van der Waals surface area contributed by atoms with Crippen LogP contribution in [0.2, 0.25) is 0 Å². The van der Waals surface area contributed by atoms with Crippen molar-refractivity contribution in [1.29, 1.82) is 0 Å². The van der Waals surface area contributed by atoms with Gasteiger partial charge in [0.2, 0.25) is 10.0 Å². The van der Waals surface area contributed by atoms with Crippen molar-refractivity contribution in [2.24, 2.45) is 5.92 Å². The van der Waals surface area contributed by atoms with Gasteiger partial charge in [-0.15, -0.1) is 0 Å². The Morgan fingerprint density at radius 1 is 1.38 bits per heavy atom. The number of carbonyl (C=O) groups is 1. The monoisotopic (exact) mass is 377 g/mol. The van der Waals surface area contributed by atoms with Crippen molar-refractivity contribution < 1.29 is 23.1 Å². The fourth-order valence-electron chi connectivity index (χ4n) is 2.10. The molecule has 1 aliphatic heterocycles. The molecule has 2 rings (SSSR count). The molecule has 0 radical (unpaired) electrons. The fraction of sp³-hybridized carbons (Fsp3) is 0.462. The number of rotatable bonds is 5. The molecule has 0 atom stereocenters. The van der Waals surface area contributed by atoms with E-state index in [2.05, 4.69) is 20.7 Å². The average Bonchev–Trinajstić information content (AvgIpc) is 2.46. The Morgan fingerprint density at radius 3 is 2.67 bits per heavy atom. The molecule has 1 saturated heterocycles. The summed E-state index contributed by atoms with van der Waals surface area (Å²) in [5.41, 5.74) is -0.0651. The van der Waals surface area contributed by atoms with Gasteiger partial charge in [-0.3, -0.25) is 0 Å². The van der Waals surface area contributed by atoms with E-state index in [9.17, 15) is 13.2 Å². The van der Waals surface area contributed by atoms with E-state index in [1.165, 1.54) is 12.1 Å². The van der Waals surface area contributed by atoms with Crippen molar-refractivity contribution in [1.82, 2.24) is 4.72 Å². The minimum atomic E-state index is -3.75. The number of nitrogens with one attached hydrogen (secondary N) is 1. The molecule has 0 aliphatic carbocycles. The summed E-state index contributed by atoms with van der Waals surface area (Å²) in [5.74, 6) is -0.918. The largest absolute Gasteiger partial charge is 0.478 e. The van der Waals surface area contributed by atoms with Crippen molar-refractivity contribution in [3.8, 4) is 0 Å². The Kier molecular flexibility index (Phi) is 5.37. The quantitative estimate of drug-likeness (QED) is 0.816. The molecule has 0 saturated carbocycles. The van der Waals surface area contributed by atoms with E-state index < -0.39 is 16.0 Å². The summed E-state index contributed by atoms with van der Waals surface area (Å²) >= 11 is 3.15. The van der Waals surface area contributed by atoms with Crippen LogP contribution in [0.4, 0.5) is 0 Å². The third-order valence-corrected chi connectivity index (χ3v) is 5.79. The molecule has 0 bridgehead atoms. The van der Waals surface area contributed by atoms with Gasteiger partial charge in [0, 0.05) is 24.2 Å². The van der Waals surface area contributed by atoms with E-state index in [1.54, 1.807) is 0 Å². The van der Waals surface area contributed by atoms with Crippen molar-refractivity contribution in [2.45, 2.75) is 17.7 Å². The molecule has 0 spiro atoms. The van der Waals surface area contributed by atoms with Gasteiger partial charge < -0.3 is 9.84 Å². The molecule has 2 N–H and O–H groups in total. The standard InChI is InChI=1S/C13H16BrNO5S/c14-11-2-1-10(13(16)17)7-12(11)21(18,19)15-8-9-3-5-20-6-4-9/h1-2,7,9,15H,3-6,8H2,(H,16,17). The van der Waals surface area contributed by atoms with Crippen molar-refractivity contribution in [3.05, 3.63) is 28.2 Å². The zero-order chi connectivity index (χ0) is 15.5. The Hall–Kier alpha value is -0.960. The lowest BCUT2D eigenvalue weighted by Gasteiger charge is -2.22. The lowest BCUT2D eigenvalue weighted by molar-refractivity contribution is 0.0677. The van der Waals surface area contributed by atoms with Crippen LogP contribution in [0, 0.1) is 5.92 Å². The number of aromatic carboxylic acids is 1. The van der Waals surface area contributed by atoms with Crippen molar-refractivity contribution in [2.75, 3.05) is 19.8 Å². The molecule has 1 heterocycles. The Morgan fingerprint density at radius 2 is 2.05 bits per heavy atom. The number of carboxylic acid groups (broad SMARTS) is 1. The van der Waals surface area contributed by atoms with Gasteiger partial charge in [0.15, 0.2) is 0 Å². The molecule has 1 aromatic carbocycles. The number of benzene rings is 1. The van der Waals surface area contributed by atoms with Gasteiger partial charge in [-0.1, -0.05) is 0 Å². The van der Waals surface area contributed by atoms with Gasteiger partial charge in [-0.05, 0) is 52.9 Å². The van der Waals surface area contributed by atoms with Gasteiger partial charge in [-0.25, -0.2) is 17.9 Å². The summed E-state index contributed by atoms with van der Waals surface area (Å²) < 4.78 is 32.7. The van der Waals surface area contributed by atoms with Crippen LogP contribution >= 0.6 is 15.9 Å². The van der Waals surface area contributed by atoms with Gasteiger partial charge in [0.1, 0.15) is 0 Å². The second-order valence-corrected chi connectivity index (χ2v) is 7.45. The van der Waals surface area contributed by atoms with E-state index in [4.69, 9.17) is 9.84 Å². The van der Waals surface area contributed by atoms with Crippen LogP contribution in [-0.4, -0.2) is 39.3 Å². The number of ether oxygens (including phenoxy) is 1. The summed E-state index contributed by atoms with van der Waals surface area (Å²) in [7, 11) is -3.75. The highest BCUT2D eigenvalue weighted by Gasteiger charge is 2.22. The molecular weight excluding hydrogens is 362 g/mol. The van der Waals surface area contributed by atoms with Crippen LogP contribution in [0.1, 0.15) is 23.2 Å². The molecule has 0 amide bonds. The molecule has 0 unspecified atom stereocenters. The van der Waals surface area contributed by atoms with E-state index in [1.807, 2.05) is 0 Å². The molecule has 1 aliphatic rings. The smallest absolute Gasteiger partial charge is 0.335 e. The summed E-state index contributed by atoms with van der Waals surface area (Å²) in [5, 5.41) is 8.96. The van der Waals surface area contributed by atoms with Gasteiger partial charge >= 0.3 is 5.97 Å². The average molecular weight is 378 g/mol. The third-order valence-electron chi connectivity index (χ3n) is 3.37. The number of sulfonamides is 1. The van der Waals surface area contributed by atoms with Gasteiger partial charge in [0.05, 0.1) is 10.5 Å². The second kappa shape index (κ2) is 6.87. The number of carboxylic acids is 1. The summed E-state index contributed by atoms with van der Waals surface area (Å²) in [6.07, 6.45) is 1.64. The van der Waals surface area contributed by atoms with E-state index in [0.717, 1.165) is 18.9 Å². The number of hydrogen-bond donors (Lipinski definition) is 2. The molecule has 8 heteroatoms. The summed E-state index contributed by atoms with van der Waals surface area (Å²) in [6.45, 7) is 1.62. The van der Waals surface area contributed by atoms with Crippen LogP contribution in [0.3, 0.4) is 0 Å². The Labute approximate surface area is 131 Å². The number of halogens is 1. The first kappa shape index (κ1) is 16.4.